The quantitative estimate of drug-likeness (QED) is 0.320. The van der Waals surface area contributed by atoms with Crippen molar-refractivity contribution in [2.24, 2.45) is 11.8 Å². The van der Waals surface area contributed by atoms with Crippen molar-refractivity contribution in [3.63, 3.8) is 0 Å². The number of hydrogen-bond donors (Lipinski definition) is 4. The fourth-order valence-corrected chi connectivity index (χ4v) is 4.25. The highest BCUT2D eigenvalue weighted by Crippen LogP contribution is 2.36. The van der Waals surface area contributed by atoms with Crippen molar-refractivity contribution in [3.8, 4) is 0 Å². The molecule has 0 aliphatic heterocycles. The number of furan rings is 1. The average Bonchev–Trinajstić information content (AvgIpc) is 3.27. The summed E-state index contributed by atoms with van der Waals surface area (Å²) in [4.78, 5) is 10.5. The predicted molar refractivity (Wildman–Crippen MR) is 119 cm³/mol. The molecule has 1 aliphatic carbocycles. The molecule has 1 heterocycles. The molecule has 2 aromatic rings. The van der Waals surface area contributed by atoms with E-state index in [1.165, 1.54) is 0 Å². The van der Waals surface area contributed by atoms with Gasteiger partial charge in [0.15, 0.2) is 0 Å². The fourth-order valence-electron chi connectivity index (χ4n) is 4.25. The van der Waals surface area contributed by atoms with E-state index >= 15 is 0 Å². The van der Waals surface area contributed by atoms with Gasteiger partial charge in [-0.3, -0.25) is 4.79 Å². The molecule has 0 radical (unpaired) electrons. The first-order chi connectivity index (χ1) is 14.9. The van der Waals surface area contributed by atoms with Gasteiger partial charge in [0, 0.05) is 30.6 Å². The number of aryl methyl sites for hydroxylation is 1. The van der Waals surface area contributed by atoms with Crippen LogP contribution >= 0.6 is 0 Å². The Kier molecular flexibility index (Phi) is 8.46. The van der Waals surface area contributed by atoms with Crippen LogP contribution in [0.4, 0.5) is 0 Å². The zero-order valence-electron chi connectivity index (χ0n) is 17.6. The number of carboxylic acids is 1. The van der Waals surface area contributed by atoms with Gasteiger partial charge in [-0.15, -0.1) is 0 Å². The molecule has 5 atom stereocenters. The summed E-state index contributed by atoms with van der Waals surface area (Å²) in [6, 6.07) is 9.79. The van der Waals surface area contributed by atoms with Crippen LogP contribution < -0.4 is 0 Å². The number of aliphatic hydroxyl groups excluding tert-OH is 3. The summed E-state index contributed by atoms with van der Waals surface area (Å²) in [5, 5.41) is 40.7. The van der Waals surface area contributed by atoms with Crippen LogP contribution in [0.1, 0.15) is 44.3 Å². The molecule has 1 saturated carbocycles. The Labute approximate surface area is 182 Å². The van der Waals surface area contributed by atoms with Gasteiger partial charge in [0.2, 0.25) is 0 Å². The van der Waals surface area contributed by atoms with Crippen molar-refractivity contribution in [3.05, 3.63) is 60.4 Å². The number of aliphatic carboxylic acids is 1. The molecule has 1 fully saturated rings. The van der Waals surface area contributed by atoms with E-state index < -0.39 is 24.3 Å². The molecular weight excluding hydrogens is 396 g/mol. The first-order valence-corrected chi connectivity index (χ1v) is 11.0. The topological polar surface area (TPSA) is 111 Å². The number of carbonyl (C=O) groups is 1. The maximum atomic E-state index is 10.5. The van der Waals surface area contributed by atoms with Crippen molar-refractivity contribution in [2.45, 2.75) is 63.3 Å². The van der Waals surface area contributed by atoms with Crippen LogP contribution in [0.25, 0.3) is 11.0 Å². The summed E-state index contributed by atoms with van der Waals surface area (Å²) in [5.41, 5.74) is 0.837. The summed E-state index contributed by atoms with van der Waals surface area (Å²) in [5.74, 6) is -0.313. The van der Waals surface area contributed by atoms with Gasteiger partial charge in [-0.25, -0.2) is 0 Å². The number of aliphatic hydroxyl groups is 3. The highest BCUT2D eigenvalue weighted by atomic mass is 16.4. The number of hydrogen-bond acceptors (Lipinski definition) is 5. The Morgan fingerprint density at radius 1 is 1.19 bits per heavy atom. The second kappa shape index (κ2) is 11.3. The minimum atomic E-state index is -0.799. The lowest BCUT2D eigenvalue weighted by Crippen LogP contribution is -2.20. The molecule has 0 bridgehead atoms. The van der Waals surface area contributed by atoms with Crippen LogP contribution in [0.2, 0.25) is 0 Å². The molecule has 0 saturated heterocycles. The van der Waals surface area contributed by atoms with Gasteiger partial charge in [0.25, 0.3) is 0 Å². The van der Waals surface area contributed by atoms with Crippen molar-refractivity contribution < 1.29 is 29.6 Å². The number of allylic oxidation sites excluding steroid dienone is 2. The molecule has 1 aliphatic rings. The third-order valence-electron chi connectivity index (χ3n) is 5.97. The minimum Gasteiger partial charge on any atom is -0.481 e. The zero-order valence-corrected chi connectivity index (χ0v) is 17.6. The van der Waals surface area contributed by atoms with E-state index in [4.69, 9.17) is 9.52 Å². The molecule has 168 valence electrons. The van der Waals surface area contributed by atoms with E-state index in [9.17, 15) is 20.1 Å². The van der Waals surface area contributed by atoms with Gasteiger partial charge in [0.1, 0.15) is 11.3 Å². The number of fused-ring (bicyclic) bond motifs is 1. The monoisotopic (exact) mass is 428 g/mol. The van der Waals surface area contributed by atoms with E-state index in [1.807, 2.05) is 48.6 Å². The summed E-state index contributed by atoms with van der Waals surface area (Å²) in [6.07, 6.45) is 8.98. The average molecular weight is 429 g/mol. The Bertz CT molecular complexity index is 865. The molecule has 4 N–H and O–H groups in total. The van der Waals surface area contributed by atoms with Crippen molar-refractivity contribution in [1.29, 1.82) is 0 Å². The fraction of sp³-hybridized carbons (Fsp3) is 0.480. The second-order valence-electron chi connectivity index (χ2n) is 8.35. The number of rotatable bonds is 11. The van der Waals surface area contributed by atoms with Gasteiger partial charge >= 0.3 is 5.97 Å². The molecule has 6 heteroatoms. The molecule has 0 amide bonds. The minimum absolute atomic E-state index is 0.121. The van der Waals surface area contributed by atoms with Crippen LogP contribution in [0.5, 0.6) is 0 Å². The third-order valence-corrected chi connectivity index (χ3v) is 5.97. The Balaban J connectivity index is 1.49. The number of unbranched alkanes of at least 4 members (excludes halogenated alkanes) is 1. The Morgan fingerprint density at radius 2 is 2.00 bits per heavy atom. The maximum absolute atomic E-state index is 10.5. The maximum Gasteiger partial charge on any atom is 0.303 e. The van der Waals surface area contributed by atoms with Gasteiger partial charge in [-0.05, 0) is 43.7 Å². The molecular formula is C25H32O6. The molecule has 6 nitrogen and oxygen atoms in total. The molecule has 3 rings (SSSR count). The van der Waals surface area contributed by atoms with E-state index in [2.05, 4.69) is 0 Å². The first-order valence-electron chi connectivity index (χ1n) is 11.0. The summed E-state index contributed by atoms with van der Waals surface area (Å²) < 4.78 is 5.78. The molecule has 5 unspecified atom stereocenters. The number of benzene rings is 1. The molecule has 31 heavy (non-hydrogen) atoms. The largest absolute Gasteiger partial charge is 0.481 e. The summed E-state index contributed by atoms with van der Waals surface area (Å²) in [7, 11) is 0. The second-order valence-corrected chi connectivity index (χ2v) is 8.35. The van der Waals surface area contributed by atoms with E-state index in [0.29, 0.717) is 38.5 Å². The third kappa shape index (κ3) is 6.79. The number of para-hydroxylation sites is 1. The lowest BCUT2D eigenvalue weighted by Gasteiger charge is -2.19. The van der Waals surface area contributed by atoms with E-state index in [-0.39, 0.29) is 18.3 Å². The van der Waals surface area contributed by atoms with Crippen molar-refractivity contribution in [2.75, 3.05) is 0 Å². The van der Waals surface area contributed by atoms with Gasteiger partial charge in [-0.1, -0.05) is 42.5 Å². The van der Waals surface area contributed by atoms with E-state index in [0.717, 1.165) is 16.7 Å². The predicted octanol–water partition coefficient (Wildman–Crippen LogP) is 3.84. The first kappa shape index (κ1) is 23.3. The van der Waals surface area contributed by atoms with Crippen LogP contribution in [-0.2, 0) is 11.2 Å². The van der Waals surface area contributed by atoms with Crippen LogP contribution in [-0.4, -0.2) is 44.7 Å². The summed E-state index contributed by atoms with van der Waals surface area (Å²) in [6.45, 7) is 0. The lowest BCUT2D eigenvalue weighted by atomic mass is 9.89. The molecule has 1 aromatic carbocycles. The summed E-state index contributed by atoms with van der Waals surface area (Å²) >= 11 is 0. The van der Waals surface area contributed by atoms with Crippen LogP contribution in [0.3, 0.4) is 0 Å². The van der Waals surface area contributed by atoms with Crippen molar-refractivity contribution >= 4 is 16.9 Å². The SMILES string of the molecule is O=C(O)CCCC=CCC1C(O)CC(O)C1C=CC(O)CCc1cc2ccccc2o1. The smallest absolute Gasteiger partial charge is 0.303 e. The van der Waals surface area contributed by atoms with Gasteiger partial charge < -0.3 is 24.8 Å². The van der Waals surface area contributed by atoms with Gasteiger partial charge in [-0.2, -0.15) is 0 Å². The Hall–Kier alpha value is -2.41. The normalized spacial score (nSPS) is 25.1. The molecule has 0 spiro atoms. The van der Waals surface area contributed by atoms with E-state index in [1.54, 1.807) is 6.08 Å². The Morgan fingerprint density at radius 3 is 2.77 bits per heavy atom. The van der Waals surface area contributed by atoms with Crippen molar-refractivity contribution in [1.82, 2.24) is 0 Å². The highest BCUT2D eigenvalue weighted by Gasteiger charge is 2.39. The lowest BCUT2D eigenvalue weighted by molar-refractivity contribution is -0.137. The highest BCUT2D eigenvalue weighted by molar-refractivity contribution is 5.77. The molecule has 1 aromatic heterocycles. The van der Waals surface area contributed by atoms with Gasteiger partial charge in [0.05, 0.1) is 18.3 Å². The van der Waals surface area contributed by atoms with Crippen LogP contribution in [0, 0.1) is 11.8 Å². The zero-order chi connectivity index (χ0) is 22.2. The van der Waals surface area contributed by atoms with Crippen LogP contribution in [0.15, 0.2) is 59.1 Å². The standard InChI is InChI=1S/C25H32O6/c26-18(11-13-19-15-17-7-5-6-9-24(17)31-19)12-14-21-20(22(27)16-23(21)28)8-3-1-2-4-10-25(29)30/h1,3,5-7,9,12,14-15,18,20-23,26-28H,2,4,8,10-11,13,16H2,(H,29,30). The number of carboxylic acid groups (broad SMARTS) is 1.